The maximum atomic E-state index is 2.69. The summed E-state index contributed by atoms with van der Waals surface area (Å²) in [6.45, 7) is 32.3. The Bertz CT molecular complexity index is 9350. The van der Waals surface area contributed by atoms with Crippen molar-refractivity contribution in [3.63, 3.8) is 0 Å². The summed E-state index contributed by atoms with van der Waals surface area (Å²) >= 11 is 0. The normalized spacial score (nSPS) is 12.9. The van der Waals surface area contributed by atoms with Gasteiger partial charge in [0, 0.05) is 226 Å². The number of rotatable bonds is 18. The SMILES string of the molecule is CCCCn1c2ccccc2c2c3c4ccccc4n(Cc4cc(Cn5c6ccccc6c6c7c8ccccc8n(Cc8cc(Cn9c%10ccccc%10c%10c%11c%12ccccc%12n(Cc%12cc(Cn%13c%14ccccc%14c%14c%15c%16ccccc%16n(CCCC)c%15c%15ccccc%15c%14%13)cc(C(C)(C)C)c%12)c%11c%11ccccc%11c%109)cc(C(C)(C)C)c8)c7c7ccccc7c65)cc(C(C)(C)C)c4)c3c3ccccc3c21. The molecule has 8 aromatic heterocycles. The highest BCUT2D eigenvalue weighted by Gasteiger charge is 2.33. The van der Waals surface area contributed by atoms with Gasteiger partial charge < -0.3 is 36.5 Å². The van der Waals surface area contributed by atoms with Crippen molar-refractivity contribution in [3.05, 3.63) is 396 Å². The van der Waals surface area contributed by atoms with E-state index < -0.39 is 0 Å². The van der Waals surface area contributed by atoms with Gasteiger partial charge in [-0.1, -0.05) is 386 Å². The Labute approximate surface area is 814 Å². The highest BCUT2D eigenvalue weighted by Crippen LogP contribution is 2.53. The summed E-state index contributed by atoms with van der Waals surface area (Å²) in [5.74, 6) is 0. The van der Waals surface area contributed by atoms with Crippen LogP contribution in [0, 0.1) is 0 Å². The number of hydrogen-bond donors (Lipinski definition) is 0. The lowest BCUT2D eigenvalue weighted by atomic mass is 9.85. The van der Waals surface area contributed by atoms with Crippen molar-refractivity contribution >= 4 is 218 Å². The predicted octanol–water partition coefficient (Wildman–Crippen LogP) is 34.9. The molecule has 8 heteroatoms. The van der Waals surface area contributed by atoms with Gasteiger partial charge in [0.15, 0.2) is 0 Å². The maximum absolute atomic E-state index is 2.69. The van der Waals surface area contributed by atoms with E-state index in [9.17, 15) is 0 Å². The number of para-hydroxylation sites is 8. The van der Waals surface area contributed by atoms with E-state index in [1.165, 1.54) is 268 Å². The molecule has 0 aliphatic carbocycles. The molecule has 8 heterocycles. The van der Waals surface area contributed by atoms with E-state index in [4.69, 9.17) is 0 Å². The molecule has 0 bridgehead atoms. The van der Waals surface area contributed by atoms with E-state index in [2.05, 4.69) is 458 Å². The van der Waals surface area contributed by atoms with Gasteiger partial charge in [-0.2, -0.15) is 0 Å². The van der Waals surface area contributed by atoms with Crippen LogP contribution in [0.3, 0.4) is 0 Å². The molecule has 0 amide bonds. The number of hydrogen-bond acceptors (Lipinski definition) is 0. The molecule has 682 valence electrons. The van der Waals surface area contributed by atoms with E-state index >= 15 is 0 Å². The molecule has 0 saturated carbocycles. The molecule has 19 aromatic carbocycles. The zero-order chi connectivity index (χ0) is 94.2. The van der Waals surface area contributed by atoms with Gasteiger partial charge in [-0.05, 0) is 128 Å². The van der Waals surface area contributed by atoms with Crippen LogP contribution in [0.25, 0.3) is 218 Å². The predicted molar refractivity (Wildman–Crippen MR) is 600 cm³/mol. The van der Waals surface area contributed by atoms with E-state index in [1.54, 1.807) is 0 Å². The first kappa shape index (κ1) is 83.9. The van der Waals surface area contributed by atoms with Gasteiger partial charge in [-0.15, -0.1) is 0 Å². The Morgan fingerprint density at radius 2 is 0.300 bits per heavy atom. The highest BCUT2D eigenvalue weighted by molar-refractivity contribution is 6.41. The van der Waals surface area contributed by atoms with Crippen molar-refractivity contribution in [1.82, 2.24) is 36.5 Å². The van der Waals surface area contributed by atoms with Gasteiger partial charge in [0.05, 0.1) is 44.1 Å². The topological polar surface area (TPSA) is 39.4 Å². The molecule has 0 N–H and O–H groups in total. The molecule has 0 saturated heterocycles. The lowest BCUT2D eigenvalue weighted by Crippen LogP contribution is -2.14. The van der Waals surface area contributed by atoms with Gasteiger partial charge in [0.25, 0.3) is 0 Å². The fourth-order valence-corrected chi connectivity index (χ4v) is 25.6. The fourth-order valence-electron chi connectivity index (χ4n) is 25.6. The average molecular weight is 1810 g/mol. The zero-order valence-electron chi connectivity index (χ0n) is 82.0. The van der Waals surface area contributed by atoms with Crippen LogP contribution in [0.2, 0.25) is 0 Å². The Kier molecular flexibility index (Phi) is 18.9. The summed E-state index contributed by atoms with van der Waals surface area (Å²) in [7, 11) is 0. The molecular formula is C132H114N8. The fraction of sp³-hybridized carbons (Fsp3) is 0.197. The zero-order valence-corrected chi connectivity index (χ0v) is 82.0. The Hall–Kier alpha value is -15.4. The quantitative estimate of drug-likeness (QED) is 0.0821. The van der Waals surface area contributed by atoms with Gasteiger partial charge in [0.2, 0.25) is 0 Å². The summed E-state index contributed by atoms with van der Waals surface area (Å²) < 4.78 is 21.4. The van der Waals surface area contributed by atoms with Crippen molar-refractivity contribution in [2.75, 3.05) is 0 Å². The molecule has 27 aromatic rings. The van der Waals surface area contributed by atoms with Crippen molar-refractivity contribution < 1.29 is 0 Å². The first-order valence-corrected chi connectivity index (χ1v) is 51.0. The molecule has 0 unspecified atom stereocenters. The second kappa shape index (κ2) is 31.6. The maximum Gasteiger partial charge on any atom is 0.0582 e. The summed E-state index contributed by atoms with van der Waals surface area (Å²) in [6, 6.07) is 134. The van der Waals surface area contributed by atoms with Crippen LogP contribution in [0.5, 0.6) is 0 Å². The van der Waals surface area contributed by atoms with Crippen LogP contribution >= 0.6 is 0 Å². The van der Waals surface area contributed by atoms with Crippen LogP contribution < -0.4 is 0 Å². The molecule has 0 aliphatic rings. The van der Waals surface area contributed by atoms with Crippen LogP contribution in [-0.2, 0) is 68.6 Å². The lowest BCUT2D eigenvalue weighted by molar-refractivity contribution is 0.587. The monoisotopic (exact) mass is 1810 g/mol. The van der Waals surface area contributed by atoms with Crippen molar-refractivity contribution in [1.29, 1.82) is 0 Å². The third-order valence-corrected chi connectivity index (χ3v) is 31.8. The lowest BCUT2D eigenvalue weighted by Gasteiger charge is -2.23. The van der Waals surface area contributed by atoms with Gasteiger partial charge >= 0.3 is 0 Å². The second-order valence-corrected chi connectivity index (χ2v) is 43.5. The van der Waals surface area contributed by atoms with E-state index in [0.29, 0.717) is 26.2 Å². The Morgan fingerprint density at radius 3 is 0.450 bits per heavy atom. The van der Waals surface area contributed by atoms with Crippen molar-refractivity contribution in [2.45, 2.75) is 170 Å². The largest absolute Gasteiger partial charge is 0.340 e. The molecule has 8 nitrogen and oxygen atoms in total. The summed E-state index contributed by atoms with van der Waals surface area (Å²) in [6.07, 6.45) is 4.51. The van der Waals surface area contributed by atoms with Gasteiger partial charge in [-0.3, -0.25) is 0 Å². The molecule has 0 radical (unpaired) electrons. The van der Waals surface area contributed by atoms with E-state index in [0.717, 1.165) is 51.9 Å². The standard InChI is InChI=1S/C132H114N8/c1-12-14-64-133-106-56-32-24-48-98(106)114-116-100-50-26-34-58-108(100)135(124(116)92-42-18-16-40-90(92)122(114)133)75-81-66-83(71-87(69-81)130(3,4)5)77-137-110-60-36-28-52-102(110)118-120-104-54-30-38-62-112(104)139(128(120)96-46-22-20-44-94(96)126(118)137)79-85-68-86(74-89(73-85)132(9,10)11)80-140-113-63-39-31-55-105(113)121-119-103-53-29-37-61-111(103)138(127(119)95-45-21-23-47-97(95)129(121)140)78-84-67-82(70-88(72-84)131(6,7)8)76-136-109-59-35-27-51-101(109)117-115-99-49-25-33-57-107(99)134(65-15-13-2)123(115)91-41-17-19-43-93(91)125(117)136/h16-63,66-74H,12-15,64-65,75-80H2,1-11H3. The molecule has 27 rings (SSSR count). The summed E-state index contributed by atoms with van der Waals surface area (Å²) in [5.41, 5.74) is 31.9. The summed E-state index contributed by atoms with van der Waals surface area (Å²) in [5, 5.41) is 31.3. The molecule has 140 heavy (non-hydrogen) atoms. The minimum absolute atomic E-state index is 0.130. The van der Waals surface area contributed by atoms with E-state index in [-0.39, 0.29) is 16.2 Å². The number of unbranched alkanes of at least 4 members (excludes halogenated alkanes) is 2. The Morgan fingerprint density at radius 1 is 0.164 bits per heavy atom. The van der Waals surface area contributed by atoms with Crippen LogP contribution in [0.15, 0.2) is 346 Å². The summed E-state index contributed by atoms with van der Waals surface area (Å²) in [4.78, 5) is 0. The minimum Gasteiger partial charge on any atom is -0.340 e. The number of benzene rings is 19. The highest BCUT2D eigenvalue weighted by atomic mass is 15.0. The van der Waals surface area contributed by atoms with Crippen molar-refractivity contribution in [3.8, 4) is 0 Å². The van der Waals surface area contributed by atoms with Crippen LogP contribution in [0.4, 0.5) is 0 Å². The molecule has 0 aliphatic heterocycles. The number of nitrogens with zero attached hydrogens (tertiary/aromatic N) is 8. The van der Waals surface area contributed by atoms with Crippen LogP contribution in [-0.4, -0.2) is 36.5 Å². The Balaban J connectivity index is 0.586. The third-order valence-electron chi connectivity index (χ3n) is 31.8. The van der Waals surface area contributed by atoms with Crippen molar-refractivity contribution in [2.24, 2.45) is 0 Å². The molecule has 0 fully saturated rings. The molecule has 0 spiro atoms. The third kappa shape index (κ3) is 12.7. The second-order valence-electron chi connectivity index (χ2n) is 43.5. The van der Waals surface area contributed by atoms with E-state index in [1.807, 2.05) is 0 Å². The smallest absolute Gasteiger partial charge is 0.0582 e. The van der Waals surface area contributed by atoms with Gasteiger partial charge in [-0.25, -0.2) is 0 Å². The number of aryl methyl sites for hydroxylation is 2. The first-order valence-electron chi connectivity index (χ1n) is 51.0. The van der Waals surface area contributed by atoms with Gasteiger partial charge in [0.1, 0.15) is 0 Å². The minimum atomic E-state index is -0.165. The number of aromatic nitrogens is 8. The first-order chi connectivity index (χ1) is 68.3. The van der Waals surface area contributed by atoms with Crippen LogP contribution in [0.1, 0.15) is 152 Å². The molecular weight excluding hydrogens is 1700 g/mol. The number of fused-ring (bicyclic) bond motifs is 40. The average Bonchev–Trinajstić information content (AvgIpc) is 1.54. The molecule has 0 atom stereocenters.